The summed E-state index contributed by atoms with van der Waals surface area (Å²) in [5.41, 5.74) is 4.46. The summed E-state index contributed by atoms with van der Waals surface area (Å²) >= 11 is 0. The summed E-state index contributed by atoms with van der Waals surface area (Å²) in [6, 6.07) is 14.9. The zero-order valence-corrected chi connectivity index (χ0v) is 17.9. The molecule has 0 radical (unpaired) electrons. The molecule has 2 aliphatic rings. The number of rotatable bonds is 9. The van der Waals surface area contributed by atoms with Crippen molar-refractivity contribution in [3.8, 4) is 0 Å². The highest BCUT2D eigenvalue weighted by Gasteiger charge is 2.38. The standard InChI is InChI=1S/C25H32FN3O2/c26-22-5-1-4-21(15-22)23-16-24(23)27-17-19-10-13-29(14-11-19)12-2-3-18-6-8-20(9-7-18)25(30)28-31/h1,4-9,15,19,23-24,27,31H,2-3,10-14,16-17H2,(H,28,30). The third-order valence-electron chi connectivity index (χ3n) is 6.70. The largest absolute Gasteiger partial charge is 0.313 e. The van der Waals surface area contributed by atoms with Crippen LogP contribution < -0.4 is 10.8 Å². The molecule has 4 rings (SSSR count). The average molecular weight is 426 g/mol. The van der Waals surface area contributed by atoms with Gasteiger partial charge in [0.05, 0.1) is 0 Å². The van der Waals surface area contributed by atoms with Gasteiger partial charge in [0.2, 0.25) is 0 Å². The number of halogens is 1. The van der Waals surface area contributed by atoms with E-state index < -0.39 is 5.91 Å². The third kappa shape index (κ3) is 6.12. The number of hydrogen-bond donors (Lipinski definition) is 3. The van der Waals surface area contributed by atoms with E-state index in [0.29, 0.717) is 17.5 Å². The Morgan fingerprint density at radius 2 is 1.90 bits per heavy atom. The molecular formula is C25H32FN3O2. The lowest BCUT2D eigenvalue weighted by Crippen LogP contribution is -2.38. The van der Waals surface area contributed by atoms with E-state index in [9.17, 15) is 9.18 Å². The molecule has 6 heteroatoms. The van der Waals surface area contributed by atoms with Crippen LogP contribution in [0.2, 0.25) is 0 Å². The van der Waals surface area contributed by atoms with Crippen molar-refractivity contribution in [2.24, 2.45) is 5.92 Å². The summed E-state index contributed by atoms with van der Waals surface area (Å²) in [5.74, 6) is 0.592. The van der Waals surface area contributed by atoms with Crippen molar-refractivity contribution in [3.63, 3.8) is 0 Å². The van der Waals surface area contributed by atoms with Crippen molar-refractivity contribution in [1.82, 2.24) is 15.7 Å². The van der Waals surface area contributed by atoms with Gasteiger partial charge in [0.15, 0.2) is 0 Å². The van der Waals surface area contributed by atoms with Gasteiger partial charge in [0, 0.05) is 17.5 Å². The predicted octanol–water partition coefficient (Wildman–Crippen LogP) is 3.74. The number of nitrogens with zero attached hydrogens (tertiary/aromatic N) is 1. The number of aryl methyl sites for hydroxylation is 1. The van der Waals surface area contributed by atoms with Crippen LogP contribution in [-0.4, -0.2) is 48.2 Å². The van der Waals surface area contributed by atoms with Crippen LogP contribution in [0.5, 0.6) is 0 Å². The van der Waals surface area contributed by atoms with Crippen molar-refractivity contribution < 1.29 is 14.4 Å². The van der Waals surface area contributed by atoms with Crippen LogP contribution in [0.1, 0.15) is 53.1 Å². The lowest BCUT2D eigenvalue weighted by Gasteiger charge is -2.32. The Morgan fingerprint density at radius 1 is 1.13 bits per heavy atom. The van der Waals surface area contributed by atoms with Crippen LogP contribution in [0, 0.1) is 11.7 Å². The van der Waals surface area contributed by atoms with E-state index in [1.807, 2.05) is 18.2 Å². The number of hydrogen-bond acceptors (Lipinski definition) is 4. The van der Waals surface area contributed by atoms with E-state index in [4.69, 9.17) is 5.21 Å². The second kappa shape index (κ2) is 10.4. The number of amides is 1. The second-order valence-electron chi connectivity index (χ2n) is 8.94. The molecule has 31 heavy (non-hydrogen) atoms. The molecule has 3 N–H and O–H groups in total. The third-order valence-corrected chi connectivity index (χ3v) is 6.70. The summed E-state index contributed by atoms with van der Waals surface area (Å²) in [4.78, 5) is 13.9. The maximum absolute atomic E-state index is 13.4. The minimum Gasteiger partial charge on any atom is -0.313 e. The fourth-order valence-corrected chi connectivity index (χ4v) is 4.65. The van der Waals surface area contributed by atoms with Crippen molar-refractivity contribution in [2.75, 3.05) is 26.2 Å². The molecule has 1 saturated carbocycles. The molecule has 0 bridgehead atoms. The molecule has 2 atom stereocenters. The molecule has 2 unspecified atom stereocenters. The SMILES string of the molecule is O=C(NO)c1ccc(CCCN2CCC(CNC3CC3c3cccc(F)c3)CC2)cc1. The van der Waals surface area contributed by atoms with Gasteiger partial charge in [-0.15, -0.1) is 0 Å². The monoisotopic (exact) mass is 425 g/mol. The maximum atomic E-state index is 13.4. The van der Waals surface area contributed by atoms with Gasteiger partial charge in [-0.25, -0.2) is 9.87 Å². The van der Waals surface area contributed by atoms with Gasteiger partial charge < -0.3 is 10.2 Å². The molecule has 2 fully saturated rings. The summed E-state index contributed by atoms with van der Waals surface area (Å²) in [5, 5.41) is 12.4. The van der Waals surface area contributed by atoms with Crippen LogP contribution in [0.4, 0.5) is 4.39 Å². The van der Waals surface area contributed by atoms with Gasteiger partial charge in [-0.1, -0.05) is 24.3 Å². The molecule has 1 aliphatic carbocycles. The van der Waals surface area contributed by atoms with Gasteiger partial charge in [0.1, 0.15) is 5.82 Å². The van der Waals surface area contributed by atoms with E-state index in [0.717, 1.165) is 56.9 Å². The molecule has 0 aromatic heterocycles. The summed E-state index contributed by atoms with van der Waals surface area (Å²) < 4.78 is 13.4. The molecule has 1 saturated heterocycles. The Labute approximate surface area is 183 Å². The number of carbonyl (C=O) groups is 1. The van der Waals surface area contributed by atoms with E-state index in [1.165, 1.54) is 24.5 Å². The molecular weight excluding hydrogens is 393 g/mol. The van der Waals surface area contributed by atoms with Crippen molar-refractivity contribution >= 4 is 5.91 Å². The van der Waals surface area contributed by atoms with Gasteiger partial charge in [-0.05, 0) is 99.6 Å². The van der Waals surface area contributed by atoms with Gasteiger partial charge in [-0.3, -0.25) is 10.0 Å². The van der Waals surface area contributed by atoms with E-state index in [-0.39, 0.29) is 5.82 Å². The Hall–Kier alpha value is -2.28. The van der Waals surface area contributed by atoms with Crippen LogP contribution in [0.25, 0.3) is 0 Å². The normalized spacial score (nSPS) is 21.7. The number of nitrogens with one attached hydrogen (secondary N) is 2. The molecule has 0 spiro atoms. The smallest absolute Gasteiger partial charge is 0.274 e. The predicted molar refractivity (Wildman–Crippen MR) is 119 cm³/mol. The van der Waals surface area contributed by atoms with Crippen molar-refractivity contribution in [3.05, 3.63) is 71.0 Å². The summed E-state index contributed by atoms with van der Waals surface area (Å²) in [6.45, 7) is 4.47. The molecule has 1 aliphatic heterocycles. The highest BCUT2D eigenvalue weighted by Crippen LogP contribution is 2.41. The maximum Gasteiger partial charge on any atom is 0.274 e. The lowest BCUT2D eigenvalue weighted by atomic mass is 9.96. The topological polar surface area (TPSA) is 64.6 Å². The number of hydroxylamine groups is 1. The van der Waals surface area contributed by atoms with E-state index >= 15 is 0 Å². The first kappa shape index (κ1) is 21.9. The fraction of sp³-hybridized carbons (Fsp3) is 0.480. The van der Waals surface area contributed by atoms with Gasteiger partial charge in [-0.2, -0.15) is 0 Å². The van der Waals surface area contributed by atoms with Gasteiger partial charge in [0.25, 0.3) is 5.91 Å². The van der Waals surface area contributed by atoms with E-state index in [1.54, 1.807) is 29.7 Å². The molecule has 2 aromatic carbocycles. The number of carbonyl (C=O) groups excluding carboxylic acids is 1. The second-order valence-corrected chi connectivity index (χ2v) is 8.94. The molecule has 1 amide bonds. The Balaban J connectivity index is 1.10. The average Bonchev–Trinajstić information content (AvgIpc) is 3.58. The summed E-state index contributed by atoms with van der Waals surface area (Å²) in [7, 11) is 0. The summed E-state index contributed by atoms with van der Waals surface area (Å²) in [6.07, 6.45) is 5.68. The zero-order valence-electron chi connectivity index (χ0n) is 17.9. The molecule has 2 aromatic rings. The van der Waals surface area contributed by atoms with Crippen molar-refractivity contribution in [2.45, 2.75) is 44.1 Å². The quantitative estimate of drug-likeness (QED) is 0.423. The Morgan fingerprint density at radius 3 is 2.61 bits per heavy atom. The lowest BCUT2D eigenvalue weighted by molar-refractivity contribution is 0.0706. The Bertz CT molecular complexity index is 865. The first-order valence-corrected chi connectivity index (χ1v) is 11.4. The van der Waals surface area contributed by atoms with Gasteiger partial charge >= 0.3 is 0 Å². The molecule has 5 nitrogen and oxygen atoms in total. The Kier molecular flexibility index (Phi) is 7.33. The van der Waals surface area contributed by atoms with E-state index in [2.05, 4.69) is 10.2 Å². The molecule has 166 valence electrons. The van der Waals surface area contributed by atoms with Crippen LogP contribution in [0.3, 0.4) is 0 Å². The van der Waals surface area contributed by atoms with Crippen LogP contribution >= 0.6 is 0 Å². The zero-order chi connectivity index (χ0) is 21.6. The van der Waals surface area contributed by atoms with Crippen molar-refractivity contribution in [1.29, 1.82) is 0 Å². The number of benzene rings is 2. The minimum absolute atomic E-state index is 0.137. The highest BCUT2D eigenvalue weighted by atomic mass is 19.1. The van der Waals surface area contributed by atoms with Crippen LogP contribution in [0.15, 0.2) is 48.5 Å². The minimum atomic E-state index is -0.477. The fourth-order valence-electron chi connectivity index (χ4n) is 4.65. The number of likely N-dealkylation sites (tertiary alicyclic amines) is 1. The highest BCUT2D eigenvalue weighted by molar-refractivity contribution is 5.93. The first-order valence-electron chi connectivity index (χ1n) is 11.4. The molecule has 1 heterocycles. The number of piperidine rings is 1. The van der Waals surface area contributed by atoms with Crippen LogP contribution in [-0.2, 0) is 6.42 Å². The first-order chi connectivity index (χ1) is 15.1.